The minimum Gasteiger partial charge on any atom is -0.380 e. The Morgan fingerprint density at radius 3 is 2.59 bits per heavy atom. The van der Waals surface area contributed by atoms with E-state index in [0.29, 0.717) is 18.7 Å². The molecule has 1 aliphatic rings. The zero-order valence-electron chi connectivity index (χ0n) is 16.1. The fourth-order valence-corrected chi connectivity index (χ4v) is 4.43. The molecule has 29 heavy (non-hydrogen) atoms. The van der Waals surface area contributed by atoms with Crippen molar-refractivity contribution in [2.24, 2.45) is 0 Å². The van der Waals surface area contributed by atoms with E-state index in [0.717, 1.165) is 15.4 Å². The van der Waals surface area contributed by atoms with Crippen molar-refractivity contribution in [3.8, 4) is 0 Å². The van der Waals surface area contributed by atoms with Gasteiger partial charge in [0.25, 0.3) is 5.91 Å². The zero-order chi connectivity index (χ0) is 20.9. The Labute approximate surface area is 169 Å². The molecule has 2 aromatic carbocycles. The van der Waals surface area contributed by atoms with Gasteiger partial charge in [-0.3, -0.25) is 9.59 Å². The third-order valence-corrected chi connectivity index (χ3v) is 6.37. The standard InChI is InChI=1S/C20H23N3O5S/c1-28-14-16-4-2-3-15(11-16)12-22-20(25)17-5-7-18(8-6-17)29(26,27)23-10-9-21-19(24)13-23/h2-8,11H,9-10,12-14H2,1H3,(H,21,24)(H,22,25). The molecule has 154 valence electrons. The van der Waals surface area contributed by atoms with Crippen molar-refractivity contribution < 1.29 is 22.7 Å². The van der Waals surface area contributed by atoms with Crippen molar-refractivity contribution in [1.29, 1.82) is 0 Å². The van der Waals surface area contributed by atoms with E-state index in [9.17, 15) is 18.0 Å². The molecule has 9 heteroatoms. The van der Waals surface area contributed by atoms with Gasteiger partial charge in [-0.05, 0) is 35.4 Å². The highest BCUT2D eigenvalue weighted by Crippen LogP contribution is 2.17. The van der Waals surface area contributed by atoms with Gasteiger partial charge in [0.2, 0.25) is 15.9 Å². The summed E-state index contributed by atoms with van der Waals surface area (Å²) in [6.07, 6.45) is 0. The summed E-state index contributed by atoms with van der Waals surface area (Å²) in [5.41, 5.74) is 2.31. The number of nitrogens with zero attached hydrogens (tertiary/aromatic N) is 1. The van der Waals surface area contributed by atoms with Crippen LogP contribution in [0, 0.1) is 0 Å². The van der Waals surface area contributed by atoms with E-state index < -0.39 is 10.0 Å². The maximum atomic E-state index is 12.6. The highest BCUT2D eigenvalue weighted by Gasteiger charge is 2.29. The number of sulfonamides is 1. The topological polar surface area (TPSA) is 105 Å². The van der Waals surface area contributed by atoms with Crippen LogP contribution in [0.15, 0.2) is 53.4 Å². The van der Waals surface area contributed by atoms with E-state index in [1.807, 2.05) is 24.3 Å². The van der Waals surface area contributed by atoms with Gasteiger partial charge in [0.15, 0.2) is 0 Å². The molecule has 0 spiro atoms. The van der Waals surface area contributed by atoms with Gasteiger partial charge in [0.1, 0.15) is 0 Å². The number of benzene rings is 2. The maximum absolute atomic E-state index is 12.6. The van der Waals surface area contributed by atoms with Crippen LogP contribution in [-0.4, -0.2) is 51.3 Å². The number of carbonyl (C=O) groups excluding carboxylic acids is 2. The van der Waals surface area contributed by atoms with E-state index in [1.54, 1.807) is 7.11 Å². The summed E-state index contributed by atoms with van der Waals surface area (Å²) >= 11 is 0. The lowest BCUT2D eigenvalue weighted by Crippen LogP contribution is -2.49. The molecule has 8 nitrogen and oxygen atoms in total. The van der Waals surface area contributed by atoms with Crippen LogP contribution in [0.2, 0.25) is 0 Å². The number of methoxy groups -OCH3 is 1. The lowest BCUT2D eigenvalue weighted by Gasteiger charge is -2.25. The predicted molar refractivity (Wildman–Crippen MR) is 107 cm³/mol. The Bertz CT molecular complexity index is 989. The van der Waals surface area contributed by atoms with Crippen molar-refractivity contribution in [3.63, 3.8) is 0 Å². The molecule has 0 atom stereocenters. The Morgan fingerprint density at radius 2 is 1.90 bits per heavy atom. The van der Waals surface area contributed by atoms with E-state index >= 15 is 0 Å². The number of nitrogens with one attached hydrogen (secondary N) is 2. The van der Waals surface area contributed by atoms with Gasteiger partial charge < -0.3 is 15.4 Å². The van der Waals surface area contributed by atoms with E-state index in [2.05, 4.69) is 10.6 Å². The molecule has 0 bridgehead atoms. The molecule has 3 rings (SSSR count). The van der Waals surface area contributed by atoms with Crippen LogP contribution < -0.4 is 10.6 Å². The Kier molecular flexibility index (Phi) is 6.63. The van der Waals surface area contributed by atoms with Crippen LogP contribution in [0.1, 0.15) is 21.5 Å². The first kappa shape index (κ1) is 21.0. The van der Waals surface area contributed by atoms with Crippen LogP contribution >= 0.6 is 0 Å². The van der Waals surface area contributed by atoms with Crippen LogP contribution in [-0.2, 0) is 32.7 Å². The van der Waals surface area contributed by atoms with Gasteiger partial charge in [0, 0.05) is 32.3 Å². The fraction of sp³-hybridized carbons (Fsp3) is 0.300. The van der Waals surface area contributed by atoms with Crippen molar-refractivity contribution in [2.45, 2.75) is 18.0 Å². The molecule has 0 saturated carbocycles. The Balaban J connectivity index is 1.64. The average Bonchev–Trinajstić information content (AvgIpc) is 2.73. The second kappa shape index (κ2) is 9.17. The summed E-state index contributed by atoms with van der Waals surface area (Å²) in [6.45, 7) is 1.14. The quantitative estimate of drug-likeness (QED) is 0.696. The molecule has 0 aliphatic carbocycles. The van der Waals surface area contributed by atoms with Gasteiger partial charge in [0.05, 0.1) is 18.0 Å². The SMILES string of the molecule is COCc1cccc(CNC(=O)c2ccc(S(=O)(=O)N3CCNC(=O)C3)cc2)c1. The minimum atomic E-state index is -3.77. The molecule has 1 heterocycles. The number of amides is 2. The van der Waals surface area contributed by atoms with E-state index in [1.165, 1.54) is 24.3 Å². The first-order valence-corrected chi connectivity index (χ1v) is 10.6. The van der Waals surface area contributed by atoms with Gasteiger partial charge in [-0.1, -0.05) is 24.3 Å². The largest absolute Gasteiger partial charge is 0.380 e. The fourth-order valence-electron chi connectivity index (χ4n) is 3.03. The second-order valence-electron chi connectivity index (χ2n) is 6.65. The number of ether oxygens (including phenoxy) is 1. The molecule has 0 aromatic heterocycles. The van der Waals surface area contributed by atoms with Crippen LogP contribution in [0.5, 0.6) is 0 Å². The normalized spacial score (nSPS) is 15.0. The molecular weight excluding hydrogens is 394 g/mol. The average molecular weight is 417 g/mol. The van der Waals surface area contributed by atoms with Crippen LogP contribution in [0.25, 0.3) is 0 Å². The van der Waals surface area contributed by atoms with Gasteiger partial charge in [-0.2, -0.15) is 4.31 Å². The molecule has 1 fully saturated rings. The number of hydrogen-bond acceptors (Lipinski definition) is 5. The third kappa shape index (κ3) is 5.20. The predicted octanol–water partition coefficient (Wildman–Crippen LogP) is 0.884. The smallest absolute Gasteiger partial charge is 0.251 e. The summed E-state index contributed by atoms with van der Waals surface area (Å²) in [6, 6.07) is 13.4. The summed E-state index contributed by atoms with van der Waals surface area (Å²) in [5, 5.41) is 5.41. The molecule has 2 N–H and O–H groups in total. The molecule has 0 unspecified atom stereocenters. The number of rotatable bonds is 7. The lowest BCUT2D eigenvalue weighted by atomic mass is 10.1. The summed E-state index contributed by atoms with van der Waals surface area (Å²) < 4.78 is 31.5. The highest BCUT2D eigenvalue weighted by atomic mass is 32.2. The summed E-state index contributed by atoms with van der Waals surface area (Å²) in [7, 11) is -2.15. The van der Waals surface area contributed by atoms with E-state index in [4.69, 9.17) is 4.74 Å². The van der Waals surface area contributed by atoms with E-state index in [-0.39, 0.29) is 36.3 Å². The van der Waals surface area contributed by atoms with Crippen molar-refractivity contribution in [3.05, 3.63) is 65.2 Å². The number of carbonyl (C=O) groups is 2. The second-order valence-corrected chi connectivity index (χ2v) is 8.59. The third-order valence-electron chi connectivity index (χ3n) is 4.51. The first-order valence-electron chi connectivity index (χ1n) is 9.12. The summed E-state index contributed by atoms with van der Waals surface area (Å²) in [5.74, 6) is -0.631. The molecule has 1 aliphatic heterocycles. The Hall–Kier alpha value is -2.75. The monoisotopic (exact) mass is 417 g/mol. The van der Waals surface area contributed by atoms with Crippen LogP contribution in [0.3, 0.4) is 0 Å². The maximum Gasteiger partial charge on any atom is 0.251 e. The van der Waals surface area contributed by atoms with Crippen molar-refractivity contribution in [2.75, 3.05) is 26.7 Å². The molecule has 2 aromatic rings. The molecule has 2 amide bonds. The number of piperazine rings is 1. The lowest BCUT2D eigenvalue weighted by molar-refractivity contribution is -0.122. The number of hydrogen-bond donors (Lipinski definition) is 2. The Morgan fingerprint density at radius 1 is 1.17 bits per heavy atom. The molecular formula is C20H23N3O5S. The van der Waals surface area contributed by atoms with Gasteiger partial charge >= 0.3 is 0 Å². The molecule has 1 saturated heterocycles. The van der Waals surface area contributed by atoms with Crippen molar-refractivity contribution in [1.82, 2.24) is 14.9 Å². The van der Waals surface area contributed by atoms with Gasteiger partial charge in [-0.15, -0.1) is 0 Å². The highest BCUT2D eigenvalue weighted by molar-refractivity contribution is 7.89. The van der Waals surface area contributed by atoms with Crippen LogP contribution in [0.4, 0.5) is 0 Å². The zero-order valence-corrected chi connectivity index (χ0v) is 16.9. The summed E-state index contributed by atoms with van der Waals surface area (Å²) in [4.78, 5) is 23.9. The molecule has 0 radical (unpaired) electrons. The first-order chi connectivity index (χ1) is 13.9. The minimum absolute atomic E-state index is 0.0519. The van der Waals surface area contributed by atoms with Gasteiger partial charge in [-0.25, -0.2) is 8.42 Å². The van der Waals surface area contributed by atoms with Crippen molar-refractivity contribution >= 4 is 21.8 Å².